The molecule has 0 bridgehead atoms. The highest BCUT2D eigenvalue weighted by Gasteiger charge is 2.10. The lowest BCUT2D eigenvalue weighted by molar-refractivity contribution is -0.0614. The molecule has 0 aromatic carbocycles. The van der Waals surface area contributed by atoms with Crippen LogP contribution in [-0.4, -0.2) is 45.7 Å². The van der Waals surface area contributed by atoms with Crippen LogP contribution in [0, 0.1) is 0 Å². The van der Waals surface area contributed by atoms with E-state index in [2.05, 4.69) is 13.8 Å². The predicted octanol–water partition coefficient (Wildman–Crippen LogP) is 12.1. The van der Waals surface area contributed by atoms with Gasteiger partial charge >= 0.3 is 0 Å². The van der Waals surface area contributed by atoms with Crippen molar-refractivity contribution in [3.8, 4) is 0 Å². The van der Waals surface area contributed by atoms with Crippen LogP contribution in [-0.2, 0) is 14.2 Å². The first-order valence-electron chi connectivity index (χ1n) is 19.8. The van der Waals surface area contributed by atoms with Gasteiger partial charge in [-0.15, -0.1) is 0 Å². The standard InChI is InChI=1S/C39H81NO3/c1-3-5-7-9-11-13-15-17-19-21-23-25-27-30-34-41-37-39(43-36-32-29-33-40)38-42-35-31-28-26-24-22-20-18-16-14-12-10-8-6-4-2/h39H,3-38,40H2,1-2H3. The summed E-state index contributed by atoms with van der Waals surface area (Å²) in [6.45, 7) is 9.08. The molecule has 0 atom stereocenters. The summed E-state index contributed by atoms with van der Waals surface area (Å²) in [5, 5.41) is 0. The molecule has 0 aliphatic carbocycles. The van der Waals surface area contributed by atoms with Crippen LogP contribution < -0.4 is 5.73 Å². The molecule has 0 aromatic rings. The minimum absolute atomic E-state index is 0.0519. The zero-order valence-corrected chi connectivity index (χ0v) is 29.8. The maximum absolute atomic E-state index is 6.09. The second-order valence-electron chi connectivity index (χ2n) is 13.3. The number of unbranched alkanes of at least 4 members (excludes halogenated alkanes) is 27. The molecule has 0 unspecified atom stereocenters. The number of hydrogen-bond donors (Lipinski definition) is 1. The van der Waals surface area contributed by atoms with Crippen LogP contribution in [0.15, 0.2) is 0 Å². The second kappa shape index (κ2) is 39.9. The van der Waals surface area contributed by atoms with Crippen molar-refractivity contribution in [2.24, 2.45) is 5.73 Å². The van der Waals surface area contributed by atoms with Gasteiger partial charge in [0.15, 0.2) is 0 Å². The minimum Gasteiger partial charge on any atom is -0.379 e. The molecule has 4 heteroatoms. The first-order valence-corrected chi connectivity index (χ1v) is 19.8. The fourth-order valence-electron chi connectivity index (χ4n) is 5.87. The van der Waals surface area contributed by atoms with Crippen molar-refractivity contribution >= 4 is 0 Å². The van der Waals surface area contributed by atoms with Crippen LogP contribution in [0.1, 0.15) is 206 Å². The van der Waals surface area contributed by atoms with Crippen molar-refractivity contribution in [3.05, 3.63) is 0 Å². The topological polar surface area (TPSA) is 53.7 Å². The van der Waals surface area contributed by atoms with Crippen molar-refractivity contribution in [1.29, 1.82) is 0 Å². The monoisotopic (exact) mass is 612 g/mol. The zero-order chi connectivity index (χ0) is 31.2. The Balaban J connectivity index is 3.60. The third-order valence-electron chi connectivity index (χ3n) is 8.84. The van der Waals surface area contributed by atoms with E-state index in [4.69, 9.17) is 19.9 Å². The second-order valence-corrected chi connectivity index (χ2v) is 13.3. The van der Waals surface area contributed by atoms with E-state index in [0.29, 0.717) is 13.2 Å². The lowest BCUT2D eigenvalue weighted by Crippen LogP contribution is -2.27. The number of rotatable bonds is 39. The molecule has 0 saturated carbocycles. The minimum atomic E-state index is 0.0519. The molecule has 0 amide bonds. The lowest BCUT2D eigenvalue weighted by atomic mass is 10.0. The molecule has 260 valence electrons. The van der Waals surface area contributed by atoms with Gasteiger partial charge in [-0.3, -0.25) is 0 Å². The third-order valence-corrected chi connectivity index (χ3v) is 8.84. The Morgan fingerprint density at radius 1 is 0.349 bits per heavy atom. The molecule has 0 fully saturated rings. The van der Waals surface area contributed by atoms with Gasteiger partial charge in [0.2, 0.25) is 0 Å². The fraction of sp³-hybridized carbons (Fsp3) is 1.00. The summed E-state index contributed by atoms with van der Waals surface area (Å²) in [4.78, 5) is 0. The van der Waals surface area contributed by atoms with Gasteiger partial charge < -0.3 is 19.9 Å². The molecule has 0 aliphatic rings. The van der Waals surface area contributed by atoms with Gasteiger partial charge in [-0.05, 0) is 32.2 Å². The quantitative estimate of drug-likeness (QED) is 0.0702. The van der Waals surface area contributed by atoms with Crippen molar-refractivity contribution < 1.29 is 14.2 Å². The summed E-state index contributed by atoms with van der Waals surface area (Å²) in [5.41, 5.74) is 5.65. The van der Waals surface area contributed by atoms with Crippen LogP contribution in [0.5, 0.6) is 0 Å². The molecule has 0 radical (unpaired) electrons. The predicted molar refractivity (Wildman–Crippen MR) is 190 cm³/mol. The molecular formula is C39H81NO3. The van der Waals surface area contributed by atoms with Crippen molar-refractivity contribution in [3.63, 3.8) is 0 Å². The van der Waals surface area contributed by atoms with E-state index in [1.165, 1.54) is 167 Å². The van der Waals surface area contributed by atoms with Crippen LogP contribution in [0.2, 0.25) is 0 Å². The smallest absolute Gasteiger partial charge is 0.104 e. The summed E-state index contributed by atoms with van der Waals surface area (Å²) in [6.07, 6.45) is 41.0. The first kappa shape index (κ1) is 42.8. The van der Waals surface area contributed by atoms with Gasteiger partial charge in [0.25, 0.3) is 0 Å². The molecule has 0 saturated heterocycles. The van der Waals surface area contributed by atoms with Crippen molar-refractivity contribution in [1.82, 2.24) is 0 Å². The molecule has 0 spiro atoms. The average molecular weight is 612 g/mol. The third kappa shape index (κ3) is 37.9. The van der Waals surface area contributed by atoms with E-state index < -0.39 is 0 Å². The molecule has 4 nitrogen and oxygen atoms in total. The number of nitrogens with two attached hydrogens (primary N) is 1. The molecular weight excluding hydrogens is 530 g/mol. The summed E-state index contributed by atoms with van der Waals surface area (Å²) in [7, 11) is 0. The van der Waals surface area contributed by atoms with Gasteiger partial charge in [-0.25, -0.2) is 0 Å². The Labute approximate surface area is 271 Å². The van der Waals surface area contributed by atoms with E-state index in [0.717, 1.165) is 52.0 Å². The van der Waals surface area contributed by atoms with E-state index >= 15 is 0 Å². The fourth-order valence-corrected chi connectivity index (χ4v) is 5.87. The molecule has 43 heavy (non-hydrogen) atoms. The summed E-state index contributed by atoms with van der Waals surface area (Å²) in [6, 6.07) is 0. The molecule has 2 N–H and O–H groups in total. The first-order chi connectivity index (χ1) is 21.3. The average Bonchev–Trinajstić information content (AvgIpc) is 3.02. The Kier molecular flexibility index (Phi) is 39.7. The van der Waals surface area contributed by atoms with Gasteiger partial charge in [0.1, 0.15) is 6.10 Å². The summed E-state index contributed by atoms with van der Waals surface area (Å²) in [5.74, 6) is 0. The van der Waals surface area contributed by atoms with Gasteiger partial charge in [0.05, 0.1) is 13.2 Å². The molecule has 0 rings (SSSR count). The SMILES string of the molecule is CCCCCCCCCCCCCCCCOCC(COCCCCCCCCCCCCCCCC)OCCCCN. The highest BCUT2D eigenvalue weighted by Crippen LogP contribution is 2.14. The van der Waals surface area contributed by atoms with Crippen molar-refractivity contribution in [2.75, 3.05) is 39.6 Å². The maximum Gasteiger partial charge on any atom is 0.104 e. The lowest BCUT2D eigenvalue weighted by Gasteiger charge is -2.18. The molecule has 0 aliphatic heterocycles. The van der Waals surface area contributed by atoms with Crippen LogP contribution >= 0.6 is 0 Å². The summed E-state index contributed by atoms with van der Waals surface area (Å²) < 4.78 is 18.1. The highest BCUT2D eigenvalue weighted by molar-refractivity contribution is 4.57. The normalized spacial score (nSPS) is 11.7. The van der Waals surface area contributed by atoms with Crippen LogP contribution in [0.4, 0.5) is 0 Å². The largest absolute Gasteiger partial charge is 0.379 e. The zero-order valence-electron chi connectivity index (χ0n) is 29.8. The van der Waals surface area contributed by atoms with Crippen molar-refractivity contribution in [2.45, 2.75) is 213 Å². The van der Waals surface area contributed by atoms with Crippen LogP contribution in [0.3, 0.4) is 0 Å². The van der Waals surface area contributed by atoms with Gasteiger partial charge in [-0.1, -0.05) is 181 Å². The number of ether oxygens (including phenoxy) is 3. The summed E-state index contributed by atoms with van der Waals surface area (Å²) >= 11 is 0. The van der Waals surface area contributed by atoms with E-state index in [1.54, 1.807) is 0 Å². The Bertz CT molecular complexity index is 439. The highest BCUT2D eigenvalue weighted by atomic mass is 16.6. The molecule has 0 aromatic heterocycles. The maximum atomic E-state index is 6.09. The Hall–Kier alpha value is -0.160. The van der Waals surface area contributed by atoms with E-state index in [-0.39, 0.29) is 6.10 Å². The van der Waals surface area contributed by atoms with Gasteiger partial charge in [-0.2, -0.15) is 0 Å². The Morgan fingerprint density at radius 3 is 0.930 bits per heavy atom. The van der Waals surface area contributed by atoms with Gasteiger partial charge in [0, 0.05) is 19.8 Å². The molecule has 0 heterocycles. The van der Waals surface area contributed by atoms with Crippen LogP contribution in [0.25, 0.3) is 0 Å². The Morgan fingerprint density at radius 2 is 0.628 bits per heavy atom. The van der Waals surface area contributed by atoms with E-state index in [9.17, 15) is 0 Å². The van der Waals surface area contributed by atoms with E-state index in [1.807, 2.05) is 0 Å². The number of hydrogen-bond acceptors (Lipinski definition) is 4.